The van der Waals surface area contributed by atoms with Gasteiger partial charge in [-0.1, -0.05) is 25.0 Å². The molecule has 0 unspecified atom stereocenters. The number of aliphatic hydroxyl groups is 2. The van der Waals surface area contributed by atoms with Gasteiger partial charge in [0.2, 0.25) is 0 Å². The van der Waals surface area contributed by atoms with Crippen LogP contribution in [0.15, 0.2) is 33.9 Å². The minimum Gasteiger partial charge on any atom is -0.390 e. The maximum Gasteiger partial charge on any atom is 0.331 e. The standard InChI is InChI=1S/C24H36N4O4/c29-19(15-25-11-5-1-6-12-25)17-27-22-10-4-3-9-21(22)23(31)28(24(27)32)18-20(30)16-26-13-7-2-8-14-26/h3-4,9-10,19-20,29-30H,1-2,5-8,11-18H2/t19-,20-/m0/s1. The molecule has 3 heterocycles. The zero-order valence-electron chi connectivity index (χ0n) is 18.9. The second-order valence-electron chi connectivity index (χ2n) is 9.36. The third-order valence-electron chi connectivity index (χ3n) is 6.75. The van der Waals surface area contributed by atoms with E-state index in [0.29, 0.717) is 24.0 Å². The molecule has 2 atom stereocenters. The van der Waals surface area contributed by atoms with Crippen molar-refractivity contribution in [2.24, 2.45) is 0 Å². The Bertz CT molecular complexity index is 1010. The fourth-order valence-electron chi connectivity index (χ4n) is 5.13. The zero-order chi connectivity index (χ0) is 22.5. The molecule has 4 rings (SSSR count). The number of fused-ring (bicyclic) bond motifs is 1. The largest absolute Gasteiger partial charge is 0.390 e. The van der Waals surface area contributed by atoms with E-state index in [1.54, 1.807) is 24.3 Å². The van der Waals surface area contributed by atoms with Gasteiger partial charge in [0.1, 0.15) is 0 Å². The van der Waals surface area contributed by atoms with E-state index in [0.717, 1.165) is 56.4 Å². The molecule has 1 aromatic carbocycles. The summed E-state index contributed by atoms with van der Waals surface area (Å²) < 4.78 is 2.64. The van der Waals surface area contributed by atoms with E-state index in [9.17, 15) is 19.8 Å². The molecule has 2 aliphatic rings. The van der Waals surface area contributed by atoms with E-state index < -0.39 is 17.9 Å². The van der Waals surface area contributed by atoms with Crippen LogP contribution in [0.4, 0.5) is 0 Å². The lowest BCUT2D eigenvalue weighted by Gasteiger charge is -2.29. The van der Waals surface area contributed by atoms with Crippen LogP contribution in [0.5, 0.6) is 0 Å². The van der Waals surface area contributed by atoms with Gasteiger partial charge in [0.05, 0.1) is 36.2 Å². The average Bonchev–Trinajstić information content (AvgIpc) is 2.81. The number of para-hydroxylation sites is 1. The molecule has 32 heavy (non-hydrogen) atoms. The molecule has 2 aliphatic heterocycles. The molecule has 2 aromatic rings. The Morgan fingerprint density at radius 2 is 1.19 bits per heavy atom. The number of hydrogen-bond acceptors (Lipinski definition) is 6. The lowest BCUT2D eigenvalue weighted by molar-refractivity contribution is 0.0823. The number of likely N-dealkylation sites (tertiary alicyclic amines) is 2. The van der Waals surface area contributed by atoms with Gasteiger partial charge in [-0.25, -0.2) is 4.79 Å². The van der Waals surface area contributed by atoms with Crippen molar-refractivity contribution in [3.63, 3.8) is 0 Å². The molecule has 2 N–H and O–H groups in total. The van der Waals surface area contributed by atoms with Crippen LogP contribution in [0.25, 0.3) is 10.9 Å². The fourth-order valence-corrected chi connectivity index (χ4v) is 5.13. The van der Waals surface area contributed by atoms with Crippen LogP contribution in [-0.4, -0.2) is 80.6 Å². The van der Waals surface area contributed by atoms with Crippen molar-refractivity contribution in [2.45, 2.75) is 63.8 Å². The number of nitrogens with zero attached hydrogens (tertiary/aromatic N) is 4. The van der Waals surface area contributed by atoms with E-state index in [1.165, 1.54) is 17.4 Å². The zero-order valence-corrected chi connectivity index (χ0v) is 18.9. The molecule has 8 heteroatoms. The normalized spacial score (nSPS) is 20.4. The Balaban J connectivity index is 1.57. The monoisotopic (exact) mass is 444 g/mol. The number of benzene rings is 1. The lowest BCUT2D eigenvalue weighted by atomic mass is 10.1. The predicted molar refractivity (Wildman–Crippen MR) is 125 cm³/mol. The summed E-state index contributed by atoms with van der Waals surface area (Å²) >= 11 is 0. The Labute approximate surface area is 188 Å². The first-order valence-electron chi connectivity index (χ1n) is 12.1. The topological polar surface area (TPSA) is 90.9 Å². The Morgan fingerprint density at radius 3 is 1.75 bits per heavy atom. The van der Waals surface area contributed by atoms with Crippen molar-refractivity contribution in [1.29, 1.82) is 0 Å². The van der Waals surface area contributed by atoms with Crippen molar-refractivity contribution < 1.29 is 10.2 Å². The highest BCUT2D eigenvalue weighted by Crippen LogP contribution is 2.12. The van der Waals surface area contributed by atoms with E-state index in [1.807, 2.05) is 0 Å². The van der Waals surface area contributed by atoms with Gasteiger partial charge in [-0.3, -0.25) is 13.9 Å². The summed E-state index contributed by atoms with van der Waals surface area (Å²) in [5, 5.41) is 21.8. The highest BCUT2D eigenvalue weighted by molar-refractivity contribution is 5.77. The number of rotatable bonds is 8. The molecule has 0 saturated carbocycles. The molecule has 176 valence electrons. The smallest absolute Gasteiger partial charge is 0.331 e. The van der Waals surface area contributed by atoms with Crippen LogP contribution in [-0.2, 0) is 13.1 Å². The highest BCUT2D eigenvalue weighted by atomic mass is 16.3. The number of β-amino-alcohol motifs (C(OH)–C–C–N with tert-alkyl or cyclic N) is 2. The fraction of sp³-hybridized carbons (Fsp3) is 0.667. The molecule has 8 nitrogen and oxygen atoms in total. The average molecular weight is 445 g/mol. The molecule has 0 spiro atoms. The molecule has 0 radical (unpaired) electrons. The molecular weight excluding hydrogens is 408 g/mol. The summed E-state index contributed by atoms with van der Waals surface area (Å²) in [7, 11) is 0. The van der Waals surface area contributed by atoms with Crippen molar-refractivity contribution in [2.75, 3.05) is 39.3 Å². The molecule has 1 aromatic heterocycles. The lowest BCUT2D eigenvalue weighted by Crippen LogP contribution is -2.47. The van der Waals surface area contributed by atoms with E-state index in [4.69, 9.17) is 0 Å². The Hall–Kier alpha value is -2.00. The second kappa shape index (κ2) is 10.7. The van der Waals surface area contributed by atoms with Crippen LogP contribution in [0, 0.1) is 0 Å². The number of hydrogen-bond donors (Lipinski definition) is 2. The molecule has 0 aliphatic carbocycles. The predicted octanol–water partition coefficient (Wildman–Crippen LogP) is 0.857. The Kier molecular flexibility index (Phi) is 7.78. The highest BCUT2D eigenvalue weighted by Gasteiger charge is 2.21. The first kappa shape index (κ1) is 23.2. The number of piperidine rings is 2. The van der Waals surface area contributed by atoms with Gasteiger partial charge in [0, 0.05) is 13.1 Å². The van der Waals surface area contributed by atoms with Gasteiger partial charge in [-0.05, 0) is 64.0 Å². The molecule has 2 saturated heterocycles. The van der Waals surface area contributed by atoms with Gasteiger partial charge in [0.15, 0.2) is 0 Å². The van der Waals surface area contributed by atoms with Crippen molar-refractivity contribution in [3.8, 4) is 0 Å². The molecule has 0 bridgehead atoms. The minimum absolute atomic E-state index is 0.0405. The van der Waals surface area contributed by atoms with Gasteiger partial charge in [0.25, 0.3) is 5.56 Å². The third kappa shape index (κ3) is 5.49. The van der Waals surface area contributed by atoms with E-state index in [-0.39, 0.29) is 18.6 Å². The van der Waals surface area contributed by atoms with Crippen LogP contribution < -0.4 is 11.2 Å². The van der Waals surface area contributed by atoms with Gasteiger partial charge in [-0.2, -0.15) is 0 Å². The minimum atomic E-state index is -0.800. The summed E-state index contributed by atoms with van der Waals surface area (Å²) in [4.78, 5) is 30.9. The van der Waals surface area contributed by atoms with Gasteiger partial charge < -0.3 is 20.0 Å². The first-order valence-corrected chi connectivity index (χ1v) is 12.1. The van der Waals surface area contributed by atoms with Crippen molar-refractivity contribution in [3.05, 3.63) is 45.1 Å². The summed E-state index contributed by atoms with van der Waals surface area (Å²) in [5.74, 6) is 0. The molecule has 2 fully saturated rings. The second-order valence-corrected chi connectivity index (χ2v) is 9.36. The van der Waals surface area contributed by atoms with E-state index in [2.05, 4.69) is 9.80 Å². The maximum absolute atomic E-state index is 13.3. The van der Waals surface area contributed by atoms with E-state index >= 15 is 0 Å². The summed E-state index contributed by atoms with van der Waals surface area (Å²) in [6.45, 7) is 4.87. The van der Waals surface area contributed by atoms with Crippen LogP contribution in [0.2, 0.25) is 0 Å². The number of aromatic nitrogens is 2. The van der Waals surface area contributed by atoms with Gasteiger partial charge in [-0.15, -0.1) is 0 Å². The summed E-state index contributed by atoms with van der Waals surface area (Å²) in [6.07, 6.45) is 5.42. The van der Waals surface area contributed by atoms with Crippen molar-refractivity contribution in [1.82, 2.24) is 18.9 Å². The summed E-state index contributed by atoms with van der Waals surface area (Å²) in [5.41, 5.74) is -0.323. The van der Waals surface area contributed by atoms with Crippen LogP contribution in [0.3, 0.4) is 0 Å². The maximum atomic E-state index is 13.3. The molecule has 0 amide bonds. The van der Waals surface area contributed by atoms with Gasteiger partial charge >= 0.3 is 5.69 Å². The van der Waals surface area contributed by atoms with Crippen LogP contribution in [0.1, 0.15) is 38.5 Å². The Morgan fingerprint density at radius 1 is 0.688 bits per heavy atom. The third-order valence-corrected chi connectivity index (χ3v) is 6.75. The van der Waals surface area contributed by atoms with Crippen LogP contribution >= 0.6 is 0 Å². The first-order chi connectivity index (χ1) is 15.5. The SMILES string of the molecule is O=c1c2ccccc2n(C[C@@H](O)CN2CCCCC2)c(=O)n1C[C@@H](O)CN1CCCCC1. The quantitative estimate of drug-likeness (QED) is 0.628. The summed E-state index contributed by atoms with van der Waals surface area (Å²) in [6, 6.07) is 7.03. The number of aliphatic hydroxyl groups excluding tert-OH is 2. The molecular formula is C24H36N4O4. The van der Waals surface area contributed by atoms with Crippen molar-refractivity contribution >= 4 is 10.9 Å².